The van der Waals surface area contributed by atoms with E-state index < -0.39 is 0 Å². The highest BCUT2D eigenvalue weighted by Crippen LogP contribution is 2.20. The molecule has 17 heavy (non-hydrogen) atoms. The molecule has 1 aliphatic rings. The summed E-state index contributed by atoms with van der Waals surface area (Å²) >= 11 is 3.27. The average Bonchev–Trinajstić information content (AvgIpc) is 2.33. The van der Waals surface area contributed by atoms with Crippen molar-refractivity contribution in [3.63, 3.8) is 0 Å². The Hall–Kier alpha value is -0.450. The number of benzene rings is 1. The van der Waals surface area contributed by atoms with E-state index >= 15 is 0 Å². The molecule has 1 heterocycles. The van der Waals surface area contributed by atoms with E-state index in [0.29, 0.717) is 12.5 Å². The Bertz CT molecular complexity index is 384. The zero-order chi connectivity index (χ0) is 12.3. The third-order valence-electron chi connectivity index (χ3n) is 3.35. The lowest BCUT2D eigenvalue weighted by Gasteiger charge is -2.32. The van der Waals surface area contributed by atoms with Gasteiger partial charge in [-0.25, -0.2) is 4.39 Å². The molecule has 2 N–H and O–H groups in total. The normalized spacial score (nSPS) is 21.7. The summed E-state index contributed by atoms with van der Waals surface area (Å²) in [5.74, 6) is 0.441. The predicted octanol–water partition coefficient (Wildman–Crippen LogP) is 2.76. The second kappa shape index (κ2) is 5.94. The molecular weight excluding hydrogens is 283 g/mol. The van der Waals surface area contributed by atoms with Crippen LogP contribution in [-0.4, -0.2) is 24.5 Å². The van der Waals surface area contributed by atoms with Gasteiger partial charge in [-0.15, -0.1) is 0 Å². The third kappa shape index (κ3) is 3.50. The molecule has 0 radical (unpaired) electrons. The highest BCUT2D eigenvalue weighted by Gasteiger charge is 2.19. The van der Waals surface area contributed by atoms with Gasteiger partial charge >= 0.3 is 0 Å². The quantitative estimate of drug-likeness (QED) is 0.930. The highest BCUT2D eigenvalue weighted by atomic mass is 79.9. The van der Waals surface area contributed by atoms with Gasteiger partial charge in [0.1, 0.15) is 5.82 Å². The van der Waals surface area contributed by atoms with Crippen molar-refractivity contribution in [2.45, 2.75) is 19.4 Å². The topological polar surface area (TPSA) is 29.3 Å². The molecule has 94 valence electrons. The van der Waals surface area contributed by atoms with E-state index in [1.165, 1.54) is 18.9 Å². The van der Waals surface area contributed by atoms with Crippen LogP contribution in [0.3, 0.4) is 0 Å². The fourth-order valence-corrected chi connectivity index (χ4v) is 2.71. The lowest BCUT2D eigenvalue weighted by Crippen LogP contribution is -2.38. The molecule has 0 bridgehead atoms. The Morgan fingerprint density at radius 3 is 3.00 bits per heavy atom. The third-order valence-corrected chi connectivity index (χ3v) is 3.84. The Morgan fingerprint density at radius 1 is 1.47 bits per heavy atom. The van der Waals surface area contributed by atoms with Gasteiger partial charge in [-0.1, -0.05) is 22.0 Å². The maximum absolute atomic E-state index is 13.7. The fraction of sp³-hybridized carbons (Fsp3) is 0.538. The molecular formula is C13H18BrFN2. The molecule has 4 heteroatoms. The summed E-state index contributed by atoms with van der Waals surface area (Å²) in [5.41, 5.74) is 6.47. The Kier molecular flexibility index (Phi) is 4.54. The molecule has 1 aromatic carbocycles. The van der Waals surface area contributed by atoms with Gasteiger partial charge in [0.2, 0.25) is 0 Å². The van der Waals surface area contributed by atoms with Crippen LogP contribution < -0.4 is 5.73 Å². The zero-order valence-electron chi connectivity index (χ0n) is 9.83. The van der Waals surface area contributed by atoms with Gasteiger partial charge in [0, 0.05) is 23.1 Å². The number of hydrogen-bond donors (Lipinski definition) is 1. The number of rotatable bonds is 3. The van der Waals surface area contributed by atoms with Crippen molar-refractivity contribution in [1.29, 1.82) is 0 Å². The minimum Gasteiger partial charge on any atom is -0.330 e. The van der Waals surface area contributed by atoms with E-state index in [9.17, 15) is 4.39 Å². The molecule has 0 aromatic heterocycles. The second-order valence-electron chi connectivity index (χ2n) is 4.71. The largest absolute Gasteiger partial charge is 0.330 e. The van der Waals surface area contributed by atoms with Crippen molar-refractivity contribution in [1.82, 2.24) is 4.90 Å². The monoisotopic (exact) mass is 300 g/mol. The van der Waals surface area contributed by atoms with Gasteiger partial charge in [0.25, 0.3) is 0 Å². The predicted molar refractivity (Wildman–Crippen MR) is 71.2 cm³/mol. The second-order valence-corrected chi connectivity index (χ2v) is 5.63. The number of nitrogens with zero attached hydrogens (tertiary/aromatic N) is 1. The highest BCUT2D eigenvalue weighted by molar-refractivity contribution is 9.10. The summed E-state index contributed by atoms with van der Waals surface area (Å²) in [6, 6.07) is 5.27. The van der Waals surface area contributed by atoms with Crippen LogP contribution in [0, 0.1) is 11.7 Å². The van der Waals surface area contributed by atoms with Crippen molar-refractivity contribution in [3.05, 3.63) is 34.1 Å². The number of nitrogens with two attached hydrogens (primary N) is 1. The summed E-state index contributed by atoms with van der Waals surface area (Å²) in [4.78, 5) is 2.30. The lowest BCUT2D eigenvalue weighted by molar-refractivity contribution is 0.169. The standard InChI is InChI=1S/C13H18BrFN2/c14-12-4-3-11(13(15)6-12)9-17-5-1-2-10(7-16)8-17/h3-4,6,10H,1-2,5,7-9,16H2. The summed E-state index contributed by atoms with van der Waals surface area (Å²) < 4.78 is 14.5. The average molecular weight is 301 g/mol. The molecule has 1 aromatic rings. The van der Waals surface area contributed by atoms with E-state index in [1.807, 2.05) is 12.1 Å². The van der Waals surface area contributed by atoms with Crippen LogP contribution in [0.2, 0.25) is 0 Å². The Labute approximate surface area is 110 Å². The van der Waals surface area contributed by atoms with Crippen LogP contribution in [0.15, 0.2) is 22.7 Å². The molecule has 2 nitrogen and oxygen atoms in total. The van der Waals surface area contributed by atoms with Crippen LogP contribution in [0.25, 0.3) is 0 Å². The lowest BCUT2D eigenvalue weighted by atomic mass is 9.98. The summed E-state index contributed by atoms with van der Waals surface area (Å²) in [7, 11) is 0. The molecule has 1 fully saturated rings. The van der Waals surface area contributed by atoms with Gasteiger partial charge in [-0.05, 0) is 44.0 Å². The van der Waals surface area contributed by atoms with Crippen LogP contribution >= 0.6 is 15.9 Å². The van der Waals surface area contributed by atoms with E-state index in [0.717, 1.165) is 29.7 Å². The first-order valence-electron chi connectivity index (χ1n) is 6.05. The van der Waals surface area contributed by atoms with Crippen molar-refractivity contribution >= 4 is 15.9 Å². The molecule has 1 unspecified atom stereocenters. The molecule has 0 amide bonds. The van der Waals surface area contributed by atoms with Crippen molar-refractivity contribution in [2.75, 3.05) is 19.6 Å². The zero-order valence-corrected chi connectivity index (χ0v) is 11.4. The Balaban J connectivity index is 2.00. The van der Waals surface area contributed by atoms with Crippen LogP contribution in [0.1, 0.15) is 18.4 Å². The first-order chi connectivity index (χ1) is 8.19. The molecule has 2 rings (SSSR count). The number of halogens is 2. The van der Waals surface area contributed by atoms with Crippen molar-refractivity contribution < 1.29 is 4.39 Å². The van der Waals surface area contributed by atoms with Gasteiger partial charge in [0.05, 0.1) is 0 Å². The van der Waals surface area contributed by atoms with Crippen LogP contribution in [0.4, 0.5) is 4.39 Å². The first kappa shape index (κ1) is 13.0. The maximum Gasteiger partial charge on any atom is 0.128 e. The SMILES string of the molecule is NCC1CCCN(Cc2ccc(Br)cc2F)C1. The van der Waals surface area contributed by atoms with Gasteiger partial charge in [-0.2, -0.15) is 0 Å². The summed E-state index contributed by atoms with van der Waals surface area (Å²) in [5, 5.41) is 0. The molecule has 1 aliphatic heterocycles. The first-order valence-corrected chi connectivity index (χ1v) is 6.84. The molecule has 0 aliphatic carbocycles. The van der Waals surface area contributed by atoms with Crippen LogP contribution in [0.5, 0.6) is 0 Å². The minimum absolute atomic E-state index is 0.130. The summed E-state index contributed by atoms with van der Waals surface area (Å²) in [6.07, 6.45) is 2.37. The van der Waals surface area contributed by atoms with Gasteiger partial charge < -0.3 is 5.73 Å². The molecule has 1 atom stereocenters. The minimum atomic E-state index is -0.130. The van der Waals surface area contributed by atoms with Gasteiger partial charge in [0.15, 0.2) is 0 Å². The smallest absolute Gasteiger partial charge is 0.128 e. The van der Waals surface area contributed by atoms with E-state index in [4.69, 9.17) is 5.73 Å². The Morgan fingerprint density at radius 2 is 2.29 bits per heavy atom. The van der Waals surface area contributed by atoms with E-state index in [1.54, 1.807) is 0 Å². The van der Waals surface area contributed by atoms with E-state index in [-0.39, 0.29) is 5.82 Å². The van der Waals surface area contributed by atoms with Crippen molar-refractivity contribution in [3.8, 4) is 0 Å². The summed E-state index contributed by atoms with van der Waals surface area (Å²) in [6.45, 7) is 3.47. The molecule has 1 saturated heterocycles. The number of hydrogen-bond acceptors (Lipinski definition) is 2. The van der Waals surface area contributed by atoms with Crippen LogP contribution in [-0.2, 0) is 6.54 Å². The van der Waals surface area contributed by atoms with Crippen molar-refractivity contribution in [2.24, 2.45) is 11.7 Å². The number of likely N-dealkylation sites (tertiary alicyclic amines) is 1. The number of piperidine rings is 1. The maximum atomic E-state index is 13.7. The fourth-order valence-electron chi connectivity index (χ4n) is 2.38. The van der Waals surface area contributed by atoms with E-state index in [2.05, 4.69) is 20.8 Å². The van der Waals surface area contributed by atoms with Gasteiger partial charge in [-0.3, -0.25) is 4.90 Å². The molecule has 0 spiro atoms. The molecule has 0 saturated carbocycles.